The number of morpholine rings is 1. The van der Waals surface area contributed by atoms with E-state index in [1.54, 1.807) is 6.07 Å². The van der Waals surface area contributed by atoms with E-state index in [1.165, 1.54) is 47.9 Å². The van der Waals surface area contributed by atoms with E-state index in [4.69, 9.17) is 9.47 Å². The van der Waals surface area contributed by atoms with Gasteiger partial charge in [-0.15, -0.1) is 0 Å². The number of hydrogen-bond acceptors (Lipinski definition) is 6. The molecule has 2 aromatic rings. The van der Waals surface area contributed by atoms with Crippen LogP contribution >= 0.6 is 0 Å². The van der Waals surface area contributed by atoms with Crippen LogP contribution in [0.1, 0.15) is 10.5 Å². The Kier molecular flexibility index (Phi) is 5.59. The third-order valence-corrected chi connectivity index (χ3v) is 5.99. The minimum atomic E-state index is -3.83. The van der Waals surface area contributed by atoms with Crippen LogP contribution in [0.25, 0.3) is 0 Å². The molecule has 144 valence electrons. The number of sulfonamides is 1. The highest BCUT2D eigenvalue weighted by atomic mass is 32.2. The zero-order valence-electron chi connectivity index (χ0n) is 14.6. The number of nitrogens with one attached hydrogen (secondary N) is 1. The maximum atomic E-state index is 13.0. The van der Waals surface area contributed by atoms with Crippen LogP contribution in [0.2, 0.25) is 0 Å². The summed E-state index contributed by atoms with van der Waals surface area (Å²) in [7, 11) is -2.45. The smallest absolute Gasteiger partial charge is 0.321 e. The second-order valence-electron chi connectivity index (χ2n) is 5.75. The van der Waals surface area contributed by atoms with E-state index < -0.39 is 15.9 Å². The average Bonchev–Trinajstić information content (AvgIpc) is 2.69. The van der Waals surface area contributed by atoms with Gasteiger partial charge in [0.15, 0.2) is 6.20 Å². The lowest BCUT2D eigenvalue weighted by Crippen LogP contribution is -2.40. The van der Waals surface area contributed by atoms with E-state index in [9.17, 15) is 18.4 Å². The van der Waals surface area contributed by atoms with Crippen molar-refractivity contribution in [2.45, 2.75) is 4.90 Å². The van der Waals surface area contributed by atoms with Gasteiger partial charge in [0, 0.05) is 30.9 Å². The summed E-state index contributed by atoms with van der Waals surface area (Å²) in [5.74, 6) is -0.483. The predicted molar refractivity (Wildman–Crippen MR) is 95.9 cm³/mol. The van der Waals surface area contributed by atoms with Crippen LogP contribution in [0.5, 0.6) is 5.75 Å². The van der Waals surface area contributed by atoms with Crippen LogP contribution in [-0.2, 0) is 14.8 Å². The van der Waals surface area contributed by atoms with E-state index in [2.05, 4.69) is 5.32 Å². The summed E-state index contributed by atoms with van der Waals surface area (Å²) < 4.78 is 38.0. The van der Waals surface area contributed by atoms with Gasteiger partial charge in [0.25, 0.3) is 5.69 Å². The lowest BCUT2D eigenvalue weighted by molar-refractivity contribution is -0.607. The highest BCUT2D eigenvalue weighted by Crippen LogP contribution is 2.30. The van der Waals surface area contributed by atoms with Gasteiger partial charge in [0.1, 0.15) is 10.6 Å². The number of amides is 1. The van der Waals surface area contributed by atoms with Gasteiger partial charge in [-0.1, -0.05) is 0 Å². The first-order chi connectivity index (χ1) is 12.9. The first-order valence-corrected chi connectivity index (χ1v) is 9.63. The Morgan fingerprint density at radius 1 is 1.26 bits per heavy atom. The summed E-state index contributed by atoms with van der Waals surface area (Å²) in [6.07, 6.45) is 1.21. The Balaban J connectivity index is 1.92. The molecule has 1 aromatic heterocycles. The molecule has 3 rings (SSSR count). The Labute approximate surface area is 156 Å². The van der Waals surface area contributed by atoms with Crippen LogP contribution < -0.4 is 14.8 Å². The monoisotopic (exact) mass is 393 g/mol. The van der Waals surface area contributed by atoms with Crippen LogP contribution in [0.15, 0.2) is 47.5 Å². The lowest BCUT2D eigenvalue weighted by Gasteiger charge is -2.26. The summed E-state index contributed by atoms with van der Waals surface area (Å²) >= 11 is 0. The molecule has 9 nitrogen and oxygen atoms in total. The van der Waals surface area contributed by atoms with Gasteiger partial charge in [-0.2, -0.15) is 9.04 Å². The van der Waals surface area contributed by atoms with Crippen LogP contribution in [0.4, 0.5) is 5.69 Å². The second-order valence-corrected chi connectivity index (χ2v) is 7.65. The molecule has 1 saturated heterocycles. The predicted octanol–water partition coefficient (Wildman–Crippen LogP) is 0.602. The zero-order valence-corrected chi connectivity index (χ0v) is 15.4. The van der Waals surface area contributed by atoms with Crippen molar-refractivity contribution >= 4 is 21.6 Å². The summed E-state index contributed by atoms with van der Waals surface area (Å²) in [4.78, 5) is 12.3. The number of carbonyl (C=O) groups is 1. The second kappa shape index (κ2) is 7.91. The first kappa shape index (κ1) is 19.1. The number of nitrogens with zero attached hydrogens (tertiary/aromatic N) is 2. The van der Waals surface area contributed by atoms with Crippen LogP contribution in [0.3, 0.4) is 0 Å². The molecule has 0 atom stereocenters. The first-order valence-electron chi connectivity index (χ1n) is 8.19. The number of carbonyl (C=O) groups excluding carboxylic acids is 1. The normalized spacial score (nSPS) is 15.3. The molecule has 1 aromatic carbocycles. The molecular formula is C17H19N3O6S. The number of pyridine rings is 1. The molecule has 27 heavy (non-hydrogen) atoms. The highest BCUT2D eigenvalue weighted by Gasteiger charge is 2.30. The number of rotatable bonds is 5. The molecule has 1 aliphatic heterocycles. The van der Waals surface area contributed by atoms with Gasteiger partial charge in [-0.05, 0) is 24.3 Å². The molecule has 2 heterocycles. The van der Waals surface area contributed by atoms with E-state index in [0.717, 1.165) is 0 Å². The molecule has 0 radical (unpaired) electrons. The Morgan fingerprint density at radius 3 is 2.67 bits per heavy atom. The van der Waals surface area contributed by atoms with Crippen molar-refractivity contribution in [1.82, 2.24) is 4.31 Å². The molecule has 1 N–H and O–H groups in total. The Hall–Kier alpha value is -2.69. The summed E-state index contributed by atoms with van der Waals surface area (Å²) in [6, 6.07) is 8.72. The number of ether oxygens (including phenoxy) is 2. The van der Waals surface area contributed by atoms with Gasteiger partial charge >= 0.3 is 5.91 Å². The fourth-order valence-corrected chi connectivity index (χ4v) is 4.27. The van der Waals surface area contributed by atoms with Gasteiger partial charge in [-0.3, -0.25) is 4.79 Å². The van der Waals surface area contributed by atoms with Gasteiger partial charge < -0.3 is 20.0 Å². The molecule has 0 bridgehead atoms. The summed E-state index contributed by atoms with van der Waals surface area (Å²) in [5.41, 5.74) is 0.127. The lowest BCUT2D eigenvalue weighted by atomic mass is 10.2. The molecule has 0 spiro atoms. The van der Waals surface area contributed by atoms with Crippen molar-refractivity contribution < 1.29 is 27.4 Å². The largest absolute Gasteiger partial charge is 0.618 e. The van der Waals surface area contributed by atoms with Gasteiger partial charge in [0.05, 0.1) is 20.3 Å². The molecular weight excluding hydrogens is 374 g/mol. The van der Waals surface area contributed by atoms with Crippen molar-refractivity contribution in [3.8, 4) is 5.75 Å². The van der Waals surface area contributed by atoms with Crippen molar-refractivity contribution in [2.75, 3.05) is 38.7 Å². The van der Waals surface area contributed by atoms with E-state index >= 15 is 0 Å². The SMILES string of the molecule is COc1ccc(NC(=O)c2cccc[n+]2[O-])cc1S(=O)(=O)N1CCOCC1. The molecule has 1 aliphatic rings. The number of anilines is 1. The van der Waals surface area contributed by atoms with Crippen LogP contribution in [0, 0.1) is 5.21 Å². The Morgan fingerprint density at radius 2 is 2.00 bits per heavy atom. The fraction of sp³-hybridized carbons (Fsp3) is 0.294. The quantitative estimate of drug-likeness (QED) is 0.588. The van der Waals surface area contributed by atoms with Crippen LogP contribution in [-0.4, -0.2) is 52.0 Å². The third kappa shape index (κ3) is 4.02. The van der Waals surface area contributed by atoms with Crippen molar-refractivity contribution in [3.63, 3.8) is 0 Å². The highest BCUT2D eigenvalue weighted by molar-refractivity contribution is 7.89. The van der Waals surface area contributed by atoms with E-state index in [-0.39, 0.29) is 35.1 Å². The number of aromatic nitrogens is 1. The van der Waals surface area contributed by atoms with Crippen molar-refractivity contribution in [3.05, 3.63) is 53.5 Å². The van der Waals surface area contributed by atoms with Crippen molar-refractivity contribution in [2.24, 2.45) is 0 Å². The standard InChI is InChI=1S/C17H19N3O6S/c1-25-15-6-5-13(18-17(21)14-4-2-3-7-20(14)22)12-16(15)27(23,24)19-8-10-26-11-9-19/h2-7,12H,8-11H2,1H3,(H,18,21). The number of benzene rings is 1. The molecule has 0 saturated carbocycles. The van der Waals surface area contributed by atoms with Gasteiger partial charge in [-0.25, -0.2) is 8.42 Å². The number of methoxy groups -OCH3 is 1. The van der Waals surface area contributed by atoms with E-state index in [1.807, 2.05) is 0 Å². The minimum Gasteiger partial charge on any atom is -0.618 e. The summed E-state index contributed by atoms with van der Waals surface area (Å²) in [5, 5.41) is 14.2. The topological polar surface area (TPSA) is 112 Å². The molecule has 0 aliphatic carbocycles. The average molecular weight is 393 g/mol. The molecule has 1 amide bonds. The zero-order chi connectivity index (χ0) is 19.4. The fourth-order valence-electron chi connectivity index (χ4n) is 2.68. The number of hydrogen-bond donors (Lipinski definition) is 1. The maximum Gasteiger partial charge on any atom is 0.321 e. The maximum absolute atomic E-state index is 13.0. The molecule has 0 unspecified atom stereocenters. The molecule has 10 heteroatoms. The van der Waals surface area contributed by atoms with E-state index in [0.29, 0.717) is 17.9 Å². The van der Waals surface area contributed by atoms with Crippen molar-refractivity contribution in [1.29, 1.82) is 0 Å². The third-order valence-electron chi connectivity index (χ3n) is 4.07. The molecule has 1 fully saturated rings. The van der Waals surface area contributed by atoms with Gasteiger partial charge in [0.2, 0.25) is 10.0 Å². The minimum absolute atomic E-state index is 0.0623. The Bertz CT molecular complexity index is 941. The summed E-state index contributed by atoms with van der Waals surface area (Å²) in [6.45, 7) is 1.11.